The molecule has 0 spiro atoms. The quantitative estimate of drug-likeness (QED) is 0.450. The molecule has 1 amide bonds. The van der Waals surface area contributed by atoms with Gasteiger partial charge in [0.2, 0.25) is 5.91 Å². The first-order valence-electron chi connectivity index (χ1n) is 9.44. The first-order chi connectivity index (χ1) is 14.1. The van der Waals surface area contributed by atoms with Crippen LogP contribution in [0.1, 0.15) is 12.5 Å². The van der Waals surface area contributed by atoms with Gasteiger partial charge in [0.15, 0.2) is 11.0 Å². The third-order valence-corrected chi connectivity index (χ3v) is 5.98. The van der Waals surface area contributed by atoms with Crippen LogP contribution in [0.25, 0.3) is 11.4 Å². The van der Waals surface area contributed by atoms with Crippen LogP contribution in [0.5, 0.6) is 0 Å². The van der Waals surface area contributed by atoms with Crippen LogP contribution in [0.3, 0.4) is 0 Å². The molecule has 1 atom stereocenters. The number of benzene rings is 2. The molecule has 1 aliphatic heterocycles. The third-order valence-electron chi connectivity index (χ3n) is 4.91. The lowest BCUT2D eigenvalue weighted by Crippen LogP contribution is -2.35. The maximum Gasteiger partial charge on any atom is 0.240 e. The molecular formula is C22H21FN4OS. The summed E-state index contributed by atoms with van der Waals surface area (Å²) >= 11 is 1.37. The molecule has 2 aromatic carbocycles. The molecule has 0 saturated heterocycles. The average molecular weight is 409 g/mol. The molecule has 148 valence electrons. The first-order valence-corrected chi connectivity index (χ1v) is 10.3. The fourth-order valence-electron chi connectivity index (χ4n) is 3.48. The number of hydrogen-bond donors (Lipinski definition) is 0. The molecule has 2 heterocycles. The number of fused-ring (bicyclic) bond motifs is 1. The second kappa shape index (κ2) is 8.21. The summed E-state index contributed by atoms with van der Waals surface area (Å²) in [6.07, 6.45) is 2.63. The zero-order valence-electron chi connectivity index (χ0n) is 16.1. The van der Waals surface area contributed by atoms with Crippen molar-refractivity contribution in [2.45, 2.75) is 30.3 Å². The SMILES string of the molecule is C=CCn1c(S[C@H](C)C(=O)N2CCc3ccccc32)nnc1-c1ccc(F)cc1. The Labute approximate surface area is 173 Å². The highest BCUT2D eigenvalue weighted by Gasteiger charge is 2.29. The summed E-state index contributed by atoms with van der Waals surface area (Å²) in [6, 6.07) is 14.1. The molecule has 0 saturated carbocycles. The zero-order chi connectivity index (χ0) is 20.4. The summed E-state index contributed by atoms with van der Waals surface area (Å²) in [4.78, 5) is 14.9. The monoisotopic (exact) mass is 408 g/mol. The van der Waals surface area contributed by atoms with E-state index < -0.39 is 0 Å². The van der Waals surface area contributed by atoms with Crippen molar-refractivity contribution in [2.75, 3.05) is 11.4 Å². The highest BCUT2D eigenvalue weighted by Crippen LogP contribution is 2.32. The summed E-state index contributed by atoms with van der Waals surface area (Å²) in [7, 11) is 0. The number of hydrogen-bond acceptors (Lipinski definition) is 4. The molecule has 29 heavy (non-hydrogen) atoms. The Kier molecular flexibility index (Phi) is 5.49. The van der Waals surface area contributed by atoms with Crippen molar-refractivity contribution in [2.24, 2.45) is 0 Å². The number of nitrogens with zero attached hydrogens (tertiary/aromatic N) is 4. The zero-order valence-corrected chi connectivity index (χ0v) is 16.9. The topological polar surface area (TPSA) is 51.0 Å². The number of amides is 1. The number of anilines is 1. The van der Waals surface area contributed by atoms with Crippen LogP contribution in [-0.2, 0) is 17.8 Å². The molecule has 0 fully saturated rings. The van der Waals surface area contributed by atoms with Gasteiger partial charge >= 0.3 is 0 Å². The maximum absolute atomic E-state index is 13.3. The summed E-state index contributed by atoms with van der Waals surface area (Å²) < 4.78 is 15.2. The highest BCUT2D eigenvalue weighted by atomic mass is 32.2. The summed E-state index contributed by atoms with van der Waals surface area (Å²) in [6.45, 7) is 6.89. The van der Waals surface area contributed by atoms with Gasteiger partial charge in [0.05, 0.1) is 5.25 Å². The van der Waals surface area contributed by atoms with Crippen LogP contribution in [0.15, 0.2) is 66.3 Å². The molecule has 5 nitrogen and oxygen atoms in total. The minimum atomic E-state index is -0.324. The highest BCUT2D eigenvalue weighted by molar-refractivity contribution is 8.00. The second-order valence-corrected chi connectivity index (χ2v) is 8.15. The number of para-hydroxylation sites is 1. The number of carbonyl (C=O) groups excluding carboxylic acids is 1. The van der Waals surface area contributed by atoms with Crippen LogP contribution in [0.2, 0.25) is 0 Å². The lowest BCUT2D eigenvalue weighted by molar-refractivity contribution is -0.117. The van der Waals surface area contributed by atoms with Crippen molar-refractivity contribution in [3.8, 4) is 11.4 Å². The van der Waals surface area contributed by atoms with Crippen LogP contribution in [0.4, 0.5) is 10.1 Å². The van der Waals surface area contributed by atoms with Gasteiger partial charge in [0.25, 0.3) is 0 Å². The average Bonchev–Trinajstić information content (AvgIpc) is 3.33. The van der Waals surface area contributed by atoms with E-state index in [2.05, 4.69) is 22.8 Å². The molecule has 0 aliphatic carbocycles. The number of thioether (sulfide) groups is 1. The molecule has 1 aliphatic rings. The lowest BCUT2D eigenvalue weighted by atomic mass is 10.2. The van der Waals surface area contributed by atoms with Crippen LogP contribution >= 0.6 is 11.8 Å². The van der Waals surface area contributed by atoms with E-state index in [1.165, 1.54) is 29.5 Å². The summed E-state index contributed by atoms with van der Waals surface area (Å²) in [5, 5.41) is 8.88. The van der Waals surface area contributed by atoms with E-state index >= 15 is 0 Å². The predicted octanol–water partition coefficient (Wildman–Crippen LogP) is 4.34. The van der Waals surface area contributed by atoms with Gasteiger partial charge in [-0.3, -0.25) is 9.36 Å². The Balaban J connectivity index is 1.57. The molecule has 0 N–H and O–H groups in total. The Bertz CT molecular complexity index is 1050. The predicted molar refractivity (Wildman–Crippen MR) is 113 cm³/mol. The normalized spacial score (nSPS) is 13.9. The number of rotatable bonds is 6. The van der Waals surface area contributed by atoms with Gasteiger partial charge in [-0.1, -0.05) is 36.0 Å². The minimum Gasteiger partial charge on any atom is -0.311 e. The minimum absolute atomic E-state index is 0.0523. The van der Waals surface area contributed by atoms with E-state index in [1.54, 1.807) is 18.2 Å². The van der Waals surface area contributed by atoms with Crippen LogP contribution < -0.4 is 4.90 Å². The van der Waals surface area contributed by atoms with Crippen LogP contribution in [-0.4, -0.2) is 32.5 Å². The van der Waals surface area contributed by atoms with Gasteiger partial charge in [-0.15, -0.1) is 16.8 Å². The lowest BCUT2D eigenvalue weighted by Gasteiger charge is -2.21. The van der Waals surface area contributed by atoms with Crippen molar-refractivity contribution in [3.05, 3.63) is 72.6 Å². The number of aromatic nitrogens is 3. The Hall–Kier alpha value is -2.93. The fourth-order valence-corrected chi connectivity index (χ4v) is 4.40. The van der Waals surface area contributed by atoms with Crippen molar-refractivity contribution in [3.63, 3.8) is 0 Å². The van der Waals surface area contributed by atoms with Crippen molar-refractivity contribution >= 4 is 23.4 Å². The van der Waals surface area contributed by atoms with Gasteiger partial charge in [-0.25, -0.2) is 4.39 Å². The maximum atomic E-state index is 13.3. The van der Waals surface area contributed by atoms with Crippen molar-refractivity contribution in [1.82, 2.24) is 14.8 Å². The van der Waals surface area contributed by atoms with Gasteiger partial charge < -0.3 is 4.90 Å². The number of allylic oxidation sites excluding steroid dienone is 1. The molecule has 1 aromatic heterocycles. The molecule has 3 aromatic rings. The molecular weight excluding hydrogens is 387 g/mol. The Morgan fingerprint density at radius 1 is 1.24 bits per heavy atom. The van der Waals surface area contributed by atoms with E-state index in [1.807, 2.05) is 34.6 Å². The molecule has 0 bridgehead atoms. The third kappa shape index (κ3) is 3.82. The van der Waals surface area contributed by atoms with Crippen molar-refractivity contribution < 1.29 is 9.18 Å². The second-order valence-electron chi connectivity index (χ2n) is 6.84. The van der Waals surface area contributed by atoms with Gasteiger partial charge in [0.1, 0.15) is 5.82 Å². The smallest absolute Gasteiger partial charge is 0.240 e. The van der Waals surface area contributed by atoms with Gasteiger partial charge in [0, 0.05) is 24.3 Å². The van der Waals surface area contributed by atoms with E-state index in [0.717, 1.165) is 17.7 Å². The summed E-state index contributed by atoms with van der Waals surface area (Å²) in [5.41, 5.74) is 2.95. The molecule has 4 rings (SSSR count). The van der Waals surface area contributed by atoms with E-state index in [0.29, 0.717) is 24.1 Å². The summed E-state index contributed by atoms with van der Waals surface area (Å²) in [5.74, 6) is 0.373. The molecule has 0 unspecified atom stereocenters. The van der Waals surface area contributed by atoms with Gasteiger partial charge in [-0.2, -0.15) is 0 Å². The number of carbonyl (C=O) groups is 1. The van der Waals surface area contributed by atoms with Crippen molar-refractivity contribution in [1.29, 1.82) is 0 Å². The largest absolute Gasteiger partial charge is 0.311 e. The molecule has 0 radical (unpaired) electrons. The first kappa shape index (κ1) is 19.4. The standard InChI is InChI=1S/C22H21FN4OS/c1-3-13-27-20(17-8-10-18(23)11-9-17)24-25-22(27)29-15(2)21(28)26-14-12-16-6-4-5-7-19(16)26/h3-11,15H,1,12-14H2,2H3/t15-/m1/s1. The van der Waals surface area contributed by atoms with E-state index in [4.69, 9.17) is 0 Å². The molecule has 7 heteroatoms. The van der Waals surface area contributed by atoms with Gasteiger partial charge in [-0.05, 0) is 49.2 Å². The van der Waals surface area contributed by atoms with E-state index in [9.17, 15) is 9.18 Å². The Morgan fingerprint density at radius 2 is 2.00 bits per heavy atom. The fraction of sp³-hybridized carbons (Fsp3) is 0.227. The van der Waals surface area contributed by atoms with E-state index in [-0.39, 0.29) is 17.0 Å². The number of halogens is 1. The Morgan fingerprint density at radius 3 is 2.76 bits per heavy atom. The van der Waals surface area contributed by atoms with Crippen LogP contribution in [0, 0.1) is 5.82 Å².